The van der Waals surface area contributed by atoms with Crippen molar-refractivity contribution in [2.45, 2.75) is 57.4 Å². The minimum absolute atomic E-state index is 0.392. The van der Waals surface area contributed by atoms with Gasteiger partial charge in [0.2, 0.25) is 0 Å². The van der Waals surface area contributed by atoms with E-state index >= 15 is 0 Å². The molecule has 1 saturated carbocycles. The molecule has 0 aromatic carbocycles. The number of nitrogens with zero attached hydrogens (tertiary/aromatic N) is 2. The maximum absolute atomic E-state index is 4.86. The summed E-state index contributed by atoms with van der Waals surface area (Å²) in [4.78, 5) is 7.31. The van der Waals surface area contributed by atoms with Gasteiger partial charge in [-0.2, -0.15) is 0 Å². The summed E-state index contributed by atoms with van der Waals surface area (Å²) in [6.45, 7) is 5.97. The maximum atomic E-state index is 4.86. The van der Waals surface area contributed by atoms with Crippen LogP contribution in [0.5, 0.6) is 0 Å². The summed E-state index contributed by atoms with van der Waals surface area (Å²) in [6, 6.07) is 0. The Hall–Kier alpha value is -0.220. The van der Waals surface area contributed by atoms with Crippen molar-refractivity contribution in [2.24, 2.45) is 16.8 Å². The highest BCUT2D eigenvalue weighted by Gasteiger charge is 2.39. The van der Waals surface area contributed by atoms with Crippen molar-refractivity contribution >= 4 is 16.9 Å². The van der Waals surface area contributed by atoms with E-state index in [2.05, 4.69) is 24.2 Å². The third-order valence-corrected chi connectivity index (χ3v) is 6.92. The van der Waals surface area contributed by atoms with E-state index in [9.17, 15) is 0 Å². The minimum Gasteiger partial charge on any atom is -0.359 e. The zero-order chi connectivity index (χ0) is 14.7. The number of piperidine rings is 1. The molecule has 0 atom stereocenters. The Balaban J connectivity index is 1.41. The molecule has 3 fully saturated rings. The second-order valence-corrected chi connectivity index (χ2v) is 8.56. The zero-order valence-corrected chi connectivity index (χ0v) is 14.6. The largest absolute Gasteiger partial charge is 0.359 e. The molecule has 0 bridgehead atoms. The van der Waals surface area contributed by atoms with Crippen molar-refractivity contribution in [3.8, 4) is 0 Å². The molecule has 1 spiro atoms. The molecular formula is C17H31N3S. The number of nitrogens with one attached hydrogen (secondary N) is 1. The fourth-order valence-corrected chi connectivity index (χ4v) is 5.12. The van der Waals surface area contributed by atoms with Gasteiger partial charge >= 0.3 is 0 Å². The molecule has 0 aromatic rings. The molecule has 0 amide bonds. The normalized spacial score (nSPS) is 37.2. The number of hydrogen-bond donors (Lipinski definition) is 1. The lowest BCUT2D eigenvalue weighted by Gasteiger charge is -2.35. The van der Waals surface area contributed by atoms with Crippen LogP contribution in [0.2, 0.25) is 0 Å². The number of hydrogen-bond acceptors (Lipinski definition) is 3. The molecule has 1 N–H and O–H groups in total. The van der Waals surface area contributed by atoms with Gasteiger partial charge in [-0.1, -0.05) is 18.7 Å². The molecule has 2 saturated heterocycles. The molecule has 1 aliphatic carbocycles. The van der Waals surface area contributed by atoms with Crippen molar-refractivity contribution in [2.75, 3.05) is 32.4 Å². The van der Waals surface area contributed by atoms with Crippen molar-refractivity contribution in [1.29, 1.82) is 0 Å². The minimum atomic E-state index is 0.392. The van der Waals surface area contributed by atoms with Gasteiger partial charge < -0.3 is 10.2 Å². The van der Waals surface area contributed by atoms with E-state index in [1.807, 2.05) is 11.8 Å². The van der Waals surface area contributed by atoms with E-state index in [0.29, 0.717) is 5.54 Å². The van der Waals surface area contributed by atoms with Crippen molar-refractivity contribution < 1.29 is 0 Å². The quantitative estimate of drug-likeness (QED) is 0.866. The molecular weight excluding hydrogens is 278 g/mol. The lowest BCUT2D eigenvalue weighted by atomic mass is 9.78. The maximum Gasteiger partial charge on any atom is 0.157 e. The van der Waals surface area contributed by atoms with Crippen LogP contribution in [-0.4, -0.2) is 48.0 Å². The van der Waals surface area contributed by atoms with Crippen LogP contribution in [0, 0.1) is 11.8 Å². The summed E-state index contributed by atoms with van der Waals surface area (Å²) in [5, 5.41) is 5.01. The number of amidine groups is 1. The molecule has 0 unspecified atom stereocenters. The Kier molecular flexibility index (Phi) is 5.15. The van der Waals surface area contributed by atoms with Gasteiger partial charge in [0.1, 0.15) is 0 Å². The number of rotatable bonds is 3. The molecule has 21 heavy (non-hydrogen) atoms. The first-order valence-corrected chi connectivity index (χ1v) is 9.78. The van der Waals surface area contributed by atoms with Gasteiger partial charge in [-0.05, 0) is 76.9 Å². The second-order valence-electron chi connectivity index (χ2n) is 7.60. The van der Waals surface area contributed by atoms with Crippen molar-refractivity contribution in [3.05, 3.63) is 0 Å². The predicted octanol–water partition coefficient (Wildman–Crippen LogP) is 3.36. The molecule has 2 aliphatic heterocycles. The van der Waals surface area contributed by atoms with Gasteiger partial charge in [0.25, 0.3) is 0 Å². The number of likely N-dealkylation sites (tertiary alicyclic amines) is 1. The summed E-state index contributed by atoms with van der Waals surface area (Å²) in [7, 11) is 2.24. The van der Waals surface area contributed by atoms with E-state index in [-0.39, 0.29) is 0 Å². The third-order valence-electron chi connectivity index (χ3n) is 5.72. The lowest BCUT2D eigenvalue weighted by molar-refractivity contribution is 0.214. The fraction of sp³-hybridized carbons (Fsp3) is 0.941. The molecule has 3 nitrogen and oxygen atoms in total. The van der Waals surface area contributed by atoms with Gasteiger partial charge in [0, 0.05) is 17.8 Å². The number of aliphatic imine (C=N–C) groups is 1. The molecule has 0 radical (unpaired) electrons. The van der Waals surface area contributed by atoms with Gasteiger partial charge in [-0.3, -0.25) is 4.99 Å². The second kappa shape index (κ2) is 6.91. The first kappa shape index (κ1) is 15.7. The average Bonchev–Trinajstić information content (AvgIpc) is 2.88. The Morgan fingerprint density at radius 1 is 1.24 bits per heavy atom. The highest BCUT2D eigenvalue weighted by atomic mass is 32.2. The van der Waals surface area contributed by atoms with Crippen molar-refractivity contribution in [1.82, 2.24) is 10.2 Å². The molecule has 120 valence electrons. The van der Waals surface area contributed by atoms with Crippen LogP contribution in [0.15, 0.2) is 4.99 Å². The Labute approximate surface area is 134 Å². The van der Waals surface area contributed by atoms with Crippen LogP contribution in [0.4, 0.5) is 0 Å². The van der Waals surface area contributed by atoms with E-state index < -0.39 is 0 Å². The lowest BCUT2D eigenvalue weighted by Crippen LogP contribution is -2.46. The topological polar surface area (TPSA) is 27.6 Å². The van der Waals surface area contributed by atoms with E-state index in [4.69, 9.17) is 4.99 Å². The highest BCUT2D eigenvalue weighted by molar-refractivity contribution is 8.14. The smallest absolute Gasteiger partial charge is 0.157 e. The van der Waals surface area contributed by atoms with E-state index in [1.54, 1.807) is 0 Å². The molecule has 2 heterocycles. The van der Waals surface area contributed by atoms with Crippen LogP contribution in [0.3, 0.4) is 0 Å². The SMILES string of the molecule is CC1CCC2(CC1)CSC(=NCCC1CCN(C)CC1)N2. The Bertz CT molecular complexity index is 366. The highest BCUT2D eigenvalue weighted by Crippen LogP contribution is 2.38. The average molecular weight is 310 g/mol. The van der Waals surface area contributed by atoms with Gasteiger partial charge in [0.15, 0.2) is 5.17 Å². The molecule has 4 heteroatoms. The third kappa shape index (κ3) is 4.16. The summed E-state index contributed by atoms with van der Waals surface area (Å²) in [6.07, 6.45) is 9.47. The van der Waals surface area contributed by atoms with Gasteiger partial charge in [-0.15, -0.1) is 0 Å². The van der Waals surface area contributed by atoms with E-state index in [1.165, 1.54) is 69.0 Å². The van der Waals surface area contributed by atoms with Crippen LogP contribution in [-0.2, 0) is 0 Å². The van der Waals surface area contributed by atoms with Crippen LogP contribution >= 0.6 is 11.8 Å². The van der Waals surface area contributed by atoms with Crippen LogP contribution in [0.1, 0.15) is 51.9 Å². The van der Waals surface area contributed by atoms with E-state index in [0.717, 1.165) is 18.4 Å². The Morgan fingerprint density at radius 3 is 2.67 bits per heavy atom. The predicted molar refractivity (Wildman–Crippen MR) is 93.1 cm³/mol. The summed E-state index contributed by atoms with van der Waals surface area (Å²) < 4.78 is 0. The summed E-state index contributed by atoms with van der Waals surface area (Å²) >= 11 is 1.97. The van der Waals surface area contributed by atoms with Crippen LogP contribution in [0.25, 0.3) is 0 Å². The zero-order valence-electron chi connectivity index (χ0n) is 13.7. The van der Waals surface area contributed by atoms with Gasteiger partial charge in [0.05, 0.1) is 0 Å². The fourth-order valence-electron chi connectivity index (χ4n) is 3.87. The van der Waals surface area contributed by atoms with Crippen molar-refractivity contribution in [3.63, 3.8) is 0 Å². The molecule has 3 rings (SSSR count). The standard InChI is InChI=1S/C17H31N3S/c1-14-3-8-17(9-4-14)13-21-16(19-17)18-10-5-15-6-11-20(2)12-7-15/h14-15H,3-13H2,1-2H3,(H,18,19). The molecule has 3 aliphatic rings. The summed E-state index contributed by atoms with van der Waals surface area (Å²) in [5.41, 5.74) is 0.392. The summed E-state index contributed by atoms with van der Waals surface area (Å²) in [5.74, 6) is 3.07. The molecule has 0 aromatic heterocycles. The number of thioether (sulfide) groups is 1. The Morgan fingerprint density at radius 2 is 1.95 bits per heavy atom. The first-order chi connectivity index (χ1) is 10.2. The monoisotopic (exact) mass is 309 g/mol. The first-order valence-electron chi connectivity index (χ1n) is 8.79. The van der Waals surface area contributed by atoms with Gasteiger partial charge in [-0.25, -0.2) is 0 Å². The van der Waals surface area contributed by atoms with Crippen LogP contribution < -0.4 is 5.32 Å².